The minimum Gasteiger partial charge on any atom is -0.337 e. The molecule has 2 atom stereocenters. The van der Waals surface area contributed by atoms with E-state index >= 15 is 0 Å². The third-order valence-corrected chi connectivity index (χ3v) is 5.98. The number of aromatic nitrogens is 3. The number of quaternary nitrogens is 1. The Kier molecular flexibility index (Phi) is 9.27. The summed E-state index contributed by atoms with van der Waals surface area (Å²) in [6, 6.07) is 2.49. The van der Waals surface area contributed by atoms with Crippen molar-refractivity contribution in [2.45, 2.75) is 77.2 Å². The molecule has 8 heteroatoms. The highest BCUT2D eigenvalue weighted by Crippen LogP contribution is 2.22. The Labute approximate surface area is 167 Å². The third-order valence-electron chi connectivity index (χ3n) is 5.02. The summed E-state index contributed by atoms with van der Waals surface area (Å²) in [5, 5.41) is 21.8. The van der Waals surface area contributed by atoms with Crippen molar-refractivity contribution < 1.29 is 9.69 Å². The summed E-state index contributed by atoms with van der Waals surface area (Å²) in [6.45, 7) is 10.8. The van der Waals surface area contributed by atoms with Crippen LogP contribution in [0.1, 0.15) is 65.7 Å². The molecule has 1 amide bonds. The Hall–Kier alpha value is -1.59. The van der Waals surface area contributed by atoms with Crippen LogP contribution in [0, 0.1) is 17.2 Å². The lowest BCUT2D eigenvalue weighted by Crippen LogP contribution is -3.06. The van der Waals surface area contributed by atoms with Crippen molar-refractivity contribution in [3.05, 3.63) is 5.82 Å². The summed E-state index contributed by atoms with van der Waals surface area (Å²) >= 11 is 1.39. The van der Waals surface area contributed by atoms with Gasteiger partial charge in [0, 0.05) is 13.0 Å². The van der Waals surface area contributed by atoms with Crippen LogP contribution >= 0.6 is 11.8 Å². The third kappa shape index (κ3) is 6.22. The average Bonchev–Trinajstić information content (AvgIpc) is 3.00. The molecule has 7 nitrogen and oxygen atoms in total. The van der Waals surface area contributed by atoms with Crippen LogP contribution in [0.3, 0.4) is 0 Å². The van der Waals surface area contributed by atoms with Gasteiger partial charge in [-0.2, -0.15) is 5.26 Å². The summed E-state index contributed by atoms with van der Waals surface area (Å²) in [5.74, 6) is 1.08. The summed E-state index contributed by atoms with van der Waals surface area (Å²) in [6.07, 6.45) is 3.11. The fourth-order valence-corrected chi connectivity index (χ4v) is 3.57. The molecule has 2 N–H and O–H groups in total. The lowest BCUT2D eigenvalue weighted by Gasteiger charge is -2.27. The number of hydrogen-bond acceptors (Lipinski definition) is 5. The summed E-state index contributed by atoms with van der Waals surface area (Å²) in [4.78, 5) is 13.7. The van der Waals surface area contributed by atoms with Gasteiger partial charge >= 0.3 is 0 Å². The molecule has 1 rings (SSSR count). The second-order valence-electron chi connectivity index (χ2n) is 7.69. The number of nitrogens with one attached hydrogen (secondary N) is 2. The summed E-state index contributed by atoms with van der Waals surface area (Å²) in [5.41, 5.74) is -0.861. The first-order chi connectivity index (χ1) is 12.7. The standard InChI is InChI=1S/C19H34N6OS/c1-8-10-11-25-17(15(9-2)24(6)7)22-23-18(25)27-12-16(26)21-19(5,13-20)14(3)4/h14-15H,8-12H2,1-7H3,(H,21,26)/p+1/t15-,19-/m0/s1. The number of thioether (sulfide) groups is 1. The predicted octanol–water partition coefficient (Wildman–Crippen LogP) is 1.82. The Bertz CT molecular complexity index is 651. The van der Waals surface area contributed by atoms with Crippen molar-refractivity contribution in [3.8, 4) is 6.07 Å². The van der Waals surface area contributed by atoms with Crippen molar-refractivity contribution in [2.24, 2.45) is 5.92 Å². The molecule has 0 spiro atoms. The van der Waals surface area contributed by atoms with Gasteiger partial charge in [-0.05, 0) is 19.3 Å². The van der Waals surface area contributed by atoms with E-state index in [4.69, 9.17) is 0 Å². The van der Waals surface area contributed by atoms with Gasteiger partial charge in [0.25, 0.3) is 0 Å². The summed E-state index contributed by atoms with van der Waals surface area (Å²) in [7, 11) is 4.25. The Morgan fingerprint density at radius 3 is 2.52 bits per heavy atom. The molecular formula is C19H35N6OS+. The first kappa shape index (κ1) is 23.4. The topological polar surface area (TPSA) is 88.0 Å². The molecule has 1 heterocycles. The zero-order chi connectivity index (χ0) is 20.6. The number of nitriles is 1. The first-order valence-electron chi connectivity index (χ1n) is 9.78. The van der Waals surface area contributed by atoms with E-state index < -0.39 is 5.54 Å². The lowest BCUT2D eigenvalue weighted by atomic mass is 9.90. The van der Waals surface area contributed by atoms with Gasteiger partial charge in [-0.15, -0.1) is 10.2 Å². The number of unbranched alkanes of at least 4 members (excludes halogenated alkanes) is 1. The molecule has 0 aliphatic heterocycles. The maximum Gasteiger partial charge on any atom is 0.231 e. The molecule has 152 valence electrons. The van der Waals surface area contributed by atoms with Crippen LogP contribution in [0.2, 0.25) is 0 Å². The van der Waals surface area contributed by atoms with Crippen molar-refractivity contribution in [1.29, 1.82) is 5.26 Å². The SMILES string of the molecule is CCCCn1c(SCC(=O)N[C@@](C)(C#N)C(C)C)nnc1[C@H](CC)[NH+](C)C. The quantitative estimate of drug-likeness (QED) is 0.558. The molecule has 0 unspecified atom stereocenters. The fourth-order valence-electron chi connectivity index (χ4n) is 2.80. The van der Waals surface area contributed by atoms with Crippen LogP contribution in [-0.2, 0) is 11.3 Å². The highest BCUT2D eigenvalue weighted by Gasteiger charge is 2.30. The van der Waals surface area contributed by atoms with Gasteiger partial charge in [0.05, 0.1) is 25.9 Å². The minimum absolute atomic E-state index is 0.0321. The van der Waals surface area contributed by atoms with Crippen LogP contribution in [0.4, 0.5) is 0 Å². The van der Waals surface area contributed by atoms with Crippen LogP contribution in [0.25, 0.3) is 0 Å². The minimum atomic E-state index is -0.861. The molecule has 27 heavy (non-hydrogen) atoms. The molecule has 1 aromatic rings. The monoisotopic (exact) mass is 395 g/mol. The first-order valence-corrected chi connectivity index (χ1v) is 10.8. The van der Waals surface area contributed by atoms with Crippen molar-refractivity contribution in [3.63, 3.8) is 0 Å². The number of amides is 1. The van der Waals surface area contributed by atoms with E-state index in [9.17, 15) is 10.1 Å². The zero-order valence-corrected chi connectivity index (χ0v) is 18.6. The predicted molar refractivity (Wildman–Crippen MR) is 108 cm³/mol. The van der Waals surface area contributed by atoms with Gasteiger partial charge in [0.1, 0.15) is 11.6 Å². The van der Waals surface area contributed by atoms with E-state index in [1.165, 1.54) is 16.7 Å². The molecule has 0 aliphatic rings. The maximum atomic E-state index is 12.4. The second kappa shape index (κ2) is 10.7. The normalized spacial score (nSPS) is 14.8. The van der Waals surface area contributed by atoms with Crippen LogP contribution in [-0.4, -0.2) is 46.1 Å². The van der Waals surface area contributed by atoms with E-state index in [1.807, 2.05) is 13.8 Å². The van der Waals surface area contributed by atoms with Crippen molar-refractivity contribution >= 4 is 17.7 Å². The van der Waals surface area contributed by atoms with Crippen molar-refractivity contribution in [2.75, 3.05) is 19.8 Å². The van der Waals surface area contributed by atoms with Crippen molar-refractivity contribution in [1.82, 2.24) is 20.1 Å². The average molecular weight is 396 g/mol. The lowest BCUT2D eigenvalue weighted by molar-refractivity contribution is -0.893. The largest absolute Gasteiger partial charge is 0.337 e. The Morgan fingerprint density at radius 2 is 2.04 bits per heavy atom. The highest BCUT2D eigenvalue weighted by atomic mass is 32.2. The number of carbonyl (C=O) groups excluding carboxylic acids is 1. The highest BCUT2D eigenvalue weighted by molar-refractivity contribution is 7.99. The molecule has 0 aliphatic carbocycles. The van der Waals surface area contributed by atoms with Gasteiger partial charge in [-0.25, -0.2) is 0 Å². The zero-order valence-electron chi connectivity index (χ0n) is 17.8. The van der Waals surface area contributed by atoms with E-state index in [1.54, 1.807) is 6.92 Å². The van der Waals surface area contributed by atoms with Gasteiger partial charge in [0.15, 0.2) is 11.0 Å². The Morgan fingerprint density at radius 1 is 1.37 bits per heavy atom. The van der Waals surface area contributed by atoms with Crippen LogP contribution in [0.5, 0.6) is 0 Å². The van der Waals surface area contributed by atoms with Gasteiger partial charge in [-0.1, -0.05) is 45.9 Å². The Balaban J connectivity index is 2.92. The van der Waals surface area contributed by atoms with E-state index in [0.717, 1.165) is 36.8 Å². The van der Waals surface area contributed by atoms with E-state index in [0.29, 0.717) is 0 Å². The van der Waals surface area contributed by atoms with Gasteiger partial charge in [0.2, 0.25) is 5.91 Å². The molecular weight excluding hydrogens is 360 g/mol. The second-order valence-corrected chi connectivity index (χ2v) is 8.63. The van der Waals surface area contributed by atoms with Crippen LogP contribution in [0.15, 0.2) is 5.16 Å². The number of hydrogen-bond donors (Lipinski definition) is 2. The smallest absolute Gasteiger partial charge is 0.231 e. The molecule has 0 fully saturated rings. The fraction of sp³-hybridized carbons (Fsp3) is 0.789. The summed E-state index contributed by atoms with van der Waals surface area (Å²) < 4.78 is 2.16. The maximum absolute atomic E-state index is 12.4. The van der Waals surface area contributed by atoms with E-state index in [2.05, 4.69) is 54.1 Å². The molecule has 0 radical (unpaired) electrons. The van der Waals surface area contributed by atoms with Gasteiger partial charge in [-0.3, -0.25) is 4.79 Å². The molecule has 1 aromatic heterocycles. The number of nitrogens with zero attached hydrogens (tertiary/aromatic N) is 4. The molecule has 0 saturated heterocycles. The van der Waals surface area contributed by atoms with Gasteiger partial charge < -0.3 is 14.8 Å². The molecule has 0 aromatic carbocycles. The molecule has 0 bridgehead atoms. The molecule has 0 saturated carbocycles. The number of rotatable bonds is 11. The van der Waals surface area contributed by atoms with E-state index in [-0.39, 0.29) is 23.6 Å². The number of carbonyl (C=O) groups is 1. The van der Waals surface area contributed by atoms with Crippen LogP contribution < -0.4 is 10.2 Å².